The van der Waals surface area contributed by atoms with Gasteiger partial charge in [0, 0.05) is 28.2 Å². The molecule has 0 aliphatic carbocycles. The van der Waals surface area contributed by atoms with Crippen LogP contribution in [0, 0.1) is 0 Å². The highest BCUT2D eigenvalue weighted by atomic mass is 35.5. The van der Waals surface area contributed by atoms with E-state index >= 15 is 0 Å². The summed E-state index contributed by atoms with van der Waals surface area (Å²) in [6.45, 7) is 3.79. The van der Waals surface area contributed by atoms with E-state index in [0.717, 1.165) is 22.7 Å². The Hall–Kier alpha value is -2.78. The predicted molar refractivity (Wildman–Crippen MR) is 161 cm³/mol. The van der Waals surface area contributed by atoms with Crippen molar-refractivity contribution in [2.75, 3.05) is 17.4 Å². The monoisotopic (exact) mass is 623 g/mol. The van der Waals surface area contributed by atoms with E-state index in [1.807, 2.05) is 6.92 Å². The molecule has 0 aromatic heterocycles. The van der Waals surface area contributed by atoms with E-state index in [-0.39, 0.29) is 33.1 Å². The second kappa shape index (κ2) is 14.7. The first-order valence-electron chi connectivity index (χ1n) is 12.9. The lowest BCUT2D eigenvalue weighted by atomic mass is 10.1. The molecule has 0 saturated heterocycles. The first-order valence-corrected chi connectivity index (χ1v) is 15.5. The van der Waals surface area contributed by atoms with Crippen LogP contribution >= 0.6 is 34.8 Å². The Morgan fingerprint density at radius 3 is 2.08 bits per heavy atom. The molecule has 3 aromatic rings. The van der Waals surface area contributed by atoms with Gasteiger partial charge in [0.25, 0.3) is 10.0 Å². The Bertz CT molecular complexity index is 1380. The molecule has 0 heterocycles. The Labute approximate surface area is 251 Å². The van der Waals surface area contributed by atoms with Crippen LogP contribution in [0.4, 0.5) is 5.69 Å². The van der Waals surface area contributed by atoms with E-state index in [0.29, 0.717) is 18.0 Å². The summed E-state index contributed by atoms with van der Waals surface area (Å²) in [6, 6.07) is 18.2. The van der Waals surface area contributed by atoms with Gasteiger partial charge in [-0.15, -0.1) is 0 Å². The van der Waals surface area contributed by atoms with Crippen LogP contribution in [0.5, 0.6) is 0 Å². The predicted octanol–water partition coefficient (Wildman–Crippen LogP) is 6.57. The SMILES string of the molecule is CCCCNC(=O)[C@H](CC)N(Cc1ccc(Cl)cc1)C(=O)CN(c1cc(Cl)cc(Cl)c1)S(=O)(=O)c1ccccc1. The number of sulfonamides is 1. The molecule has 2 amide bonds. The molecular weight excluding hydrogens is 593 g/mol. The van der Waals surface area contributed by atoms with Gasteiger partial charge in [0.05, 0.1) is 10.6 Å². The van der Waals surface area contributed by atoms with E-state index in [9.17, 15) is 18.0 Å². The van der Waals surface area contributed by atoms with Crippen molar-refractivity contribution >= 4 is 62.3 Å². The van der Waals surface area contributed by atoms with Crippen LogP contribution in [0.25, 0.3) is 0 Å². The normalized spacial score (nSPS) is 12.0. The third-order valence-electron chi connectivity index (χ3n) is 6.23. The van der Waals surface area contributed by atoms with Crippen LogP contribution in [0.2, 0.25) is 15.1 Å². The third kappa shape index (κ3) is 8.36. The second-order valence-electron chi connectivity index (χ2n) is 9.17. The molecule has 0 aliphatic heterocycles. The van der Waals surface area contributed by atoms with Crippen molar-refractivity contribution in [1.29, 1.82) is 0 Å². The molecule has 1 atom stereocenters. The van der Waals surface area contributed by atoms with Crippen molar-refractivity contribution < 1.29 is 18.0 Å². The van der Waals surface area contributed by atoms with Crippen molar-refractivity contribution in [1.82, 2.24) is 10.2 Å². The lowest BCUT2D eigenvalue weighted by Gasteiger charge is -2.33. The zero-order valence-electron chi connectivity index (χ0n) is 22.3. The number of nitrogens with one attached hydrogen (secondary N) is 1. The lowest BCUT2D eigenvalue weighted by Crippen LogP contribution is -2.52. The minimum Gasteiger partial charge on any atom is -0.354 e. The highest BCUT2D eigenvalue weighted by Gasteiger charge is 2.33. The van der Waals surface area contributed by atoms with Crippen molar-refractivity contribution in [2.24, 2.45) is 0 Å². The van der Waals surface area contributed by atoms with E-state index in [4.69, 9.17) is 34.8 Å². The maximum atomic E-state index is 14.0. The Morgan fingerprint density at radius 1 is 0.875 bits per heavy atom. The zero-order chi connectivity index (χ0) is 29.3. The summed E-state index contributed by atoms with van der Waals surface area (Å²) in [5.41, 5.74) is 0.863. The first-order chi connectivity index (χ1) is 19.1. The van der Waals surface area contributed by atoms with E-state index in [1.165, 1.54) is 35.2 Å². The van der Waals surface area contributed by atoms with Crippen molar-refractivity contribution in [3.63, 3.8) is 0 Å². The fourth-order valence-electron chi connectivity index (χ4n) is 4.14. The summed E-state index contributed by atoms with van der Waals surface area (Å²) in [5.74, 6) is -0.871. The number of hydrogen-bond acceptors (Lipinski definition) is 4. The molecule has 40 heavy (non-hydrogen) atoms. The van der Waals surface area contributed by atoms with Gasteiger partial charge in [0.1, 0.15) is 12.6 Å². The van der Waals surface area contributed by atoms with Gasteiger partial charge in [-0.1, -0.05) is 85.4 Å². The van der Waals surface area contributed by atoms with Gasteiger partial charge in [-0.2, -0.15) is 0 Å². The molecule has 0 unspecified atom stereocenters. The van der Waals surface area contributed by atoms with Gasteiger partial charge in [-0.05, 0) is 60.9 Å². The van der Waals surface area contributed by atoms with Crippen molar-refractivity contribution in [3.05, 3.63) is 93.4 Å². The molecule has 0 aliphatic rings. The van der Waals surface area contributed by atoms with Crippen LogP contribution in [0.3, 0.4) is 0 Å². The average Bonchev–Trinajstić information content (AvgIpc) is 2.92. The fourth-order valence-corrected chi connectivity index (χ4v) is 6.20. The molecule has 0 saturated carbocycles. The van der Waals surface area contributed by atoms with Crippen molar-refractivity contribution in [2.45, 2.75) is 50.6 Å². The van der Waals surface area contributed by atoms with Crippen LogP contribution < -0.4 is 9.62 Å². The minimum atomic E-state index is -4.21. The molecular formula is C29H32Cl3N3O4S. The Morgan fingerprint density at radius 2 is 1.50 bits per heavy atom. The number of nitrogens with zero attached hydrogens (tertiary/aromatic N) is 2. The van der Waals surface area contributed by atoms with Crippen molar-refractivity contribution in [3.8, 4) is 0 Å². The smallest absolute Gasteiger partial charge is 0.264 e. The maximum Gasteiger partial charge on any atom is 0.264 e. The number of carbonyl (C=O) groups is 2. The van der Waals surface area contributed by atoms with Gasteiger partial charge in [0.15, 0.2) is 0 Å². The average molecular weight is 625 g/mol. The van der Waals surface area contributed by atoms with E-state index in [1.54, 1.807) is 49.4 Å². The number of rotatable bonds is 13. The van der Waals surface area contributed by atoms with Gasteiger partial charge in [0.2, 0.25) is 11.8 Å². The fraction of sp³-hybridized carbons (Fsp3) is 0.310. The quantitative estimate of drug-likeness (QED) is 0.218. The van der Waals surface area contributed by atoms with Crippen LogP contribution in [0.15, 0.2) is 77.7 Å². The maximum absolute atomic E-state index is 14.0. The number of hydrogen-bond donors (Lipinski definition) is 1. The molecule has 214 valence electrons. The third-order valence-corrected chi connectivity index (χ3v) is 8.70. The van der Waals surface area contributed by atoms with Crippen LogP contribution in [-0.2, 0) is 26.2 Å². The van der Waals surface area contributed by atoms with Crippen LogP contribution in [0.1, 0.15) is 38.7 Å². The molecule has 0 spiro atoms. The van der Waals surface area contributed by atoms with Gasteiger partial charge < -0.3 is 10.2 Å². The molecule has 0 bridgehead atoms. The Kier molecular flexibility index (Phi) is 11.7. The lowest BCUT2D eigenvalue weighted by molar-refractivity contribution is -0.140. The zero-order valence-corrected chi connectivity index (χ0v) is 25.4. The largest absolute Gasteiger partial charge is 0.354 e. The molecule has 1 N–H and O–H groups in total. The molecule has 3 aromatic carbocycles. The van der Waals surface area contributed by atoms with E-state index < -0.39 is 28.5 Å². The summed E-state index contributed by atoms with van der Waals surface area (Å²) in [4.78, 5) is 28.6. The summed E-state index contributed by atoms with van der Waals surface area (Å²) in [7, 11) is -4.21. The summed E-state index contributed by atoms with van der Waals surface area (Å²) in [5, 5.41) is 3.85. The minimum absolute atomic E-state index is 0.00694. The van der Waals surface area contributed by atoms with E-state index in [2.05, 4.69) is 5.32 Å². The molecule has 11 heteroatoms. The number of anilines is 1. The van der Waals surface area contributed by atoms with Crippen LogP contribution in [-0.4, -0.2) is 44.3 Å². The summed E-state index contributed by atoms with van der Waals surface area (Å²) in [6.07, 6.45) is 2.02. The molecule has 0 radical (unpaired) electrons. The van der Waals surface area contributed by atoms with Gasteiger partial charge in [-0.3, -0.25) is 13.9 Å². The number of halogens is 3. The molecule has 3 rings (SSSR count). The highest BCUT2D eigenvalue weighted by Crippen LogP contribution is 2.30. The summed E-state index contributed by atoms with van der Waals surface area (Å²) >= 11 is 18.5. The number of unbranched alkanes of at least 4 members (excludes halogenated alkanes) is 1. The van der Waals surface area contributed by atoms with Gasteiger partial charge >= 0.3 is 0 Å². The Balaban J connectivity index is 2.05. The second-order valence-corrected chi connectivity index (χ2v) is 12.3. The number of benzene rings is 3. The highest BCUT2D eigenvalue weighted by molar-refractivity contribution is 7.92. The molecule has 0 fully saturated rings. The standard InChI is InChI=1S/C29H32Cl3N3O4S/c1-3-5-15-33-29(37)27(4-2)34(19-21-11-13-22(30)14-12-21)28(36)20-35(25-17-23(31)16-24(32)18-25)40(38,39)26-9-7-6-8-10-26/h6-14,16-18,27H,3-5,15,19-20H2,1-2H3,(H,33,37)/t27-/m0/s1. The first kappa shape index (κ1) is 31.7. The number of carbonyl (C=O) groups excluding carboxylic acids is 2. The topological polar surface area (TPSA) is 86.8 Å². The summed E-state index contributed by atoms with van der Waals surface area (Å²) < 4.78 is 28.6. The van der Waals surface area contributed by atoms with Gasteiger partial charge in [-0.25, -0.2) is 8.42 Å². The number of amides is 2. The molecule has 7 nitrogen and oxygen atoms in total.